The van der Waals surface area contributed by atoms with Crippen LogP contribution in [0.2, 0.25) is 0 Å². The lowest BCUT2D eigenvalue weighted by molar-refractivity contribution is 0.243. The highest BCUT2D eigenvalue weighted by molar-refractivity contribution is 7.15. The highest BCUT2D eigenvalue weighted by Gasteiger charge is 2.23. The molecule has 8 heteroatoms. The van der Waals surface area contributed by atoms with E-state index in [1.165, 1.54) is 21.6 Å². The van der Waals surface area contributed by atoms with Crippen molar-refractivity contribution in [3.8, 4) is 5.69 Å². The number of thiazole rings is 1. The van der Waals surface area contributed by atoms with E-state index in [4.69, 9.17) is 4.98 Å². The van der Waals surface area contributed by atoms with Gasteiger partial charge in [0.15, 0.2) is 5.13 Å². The quantitative estimate of drug-likeness (QED) is 0.470. The van der Waals surface area contributed by atoms with Gasteiger partial charge in [0.05, 0.1) is 5.69 Å². The molecule has 1 saturated heterocycles. The molecule has 0 spiro atoms. The van der Waals surface area contributed by atoms with E-state index in [1.54, 1.807) is 17.5 Å². The van der Waals surface area contributed by atoms with Gasteiger partial charge >= 0.3 is 6.03 Å². The van der Waals surface area contributed by atoms with E-state index in [0.717, 1.165) is 61.9 Å². The molecule has 2 aromatic heterocycles. The van der Waals surface area contributed by atoms with Crippen LogP contribution in [0.25, 0.3) is 5.69 Å². The molecular formula is C26H26N6OS. The van der Waals surface area contributed by atoms with Crippen LogP contribution in [0.15, 0.2) is 67.1 Å². The number of amides is 2. The van der Waals surface area contributed by atoms with Crippen molar-refractivity contribution in [2.24, 2.45) is 0 Å². The molecule has 2 aromatic carbocycles. The van der Waals surface area contributed by atoms with Crippen LogP contribution >= 0.6 is 11.3 Å². The summed E-state index contributed by atoms with van der Waals surface area (Å²) in [4.78, 5) is 22.5. The minimum atomic E-state index is 0.00101. The zero-order valence-corrected chi connectivity index (χ0v) is 19.7. The second-order valence-electron chi connectivity index (χ2n) is 8.76. The van der Waals surface area contributed by atoms with E-state index in [9.17, 15) is 4.79 Å². The molecule has 172 valence electrons. The van der Waals surface area contributed by atoms with Gasteiger partial charge in [0.1, 0.15) is 0 Å². The Morgan fingerprint density at radius 3 is 2.74 bits per heavy atom. The Morgan fingerprint density at radius 1 is 1.03 bits per heavy atom. The minimum absolute atomic E-state index is 0.00101. The molecule has 0 bridgehead atoms. The first-order chi connectivity index (χ1) is 16.7. The number of fused-ring (bicyclic) bond motifs is 1. The number of hydrogen-bond acceptors (Lipinski definition) is 5. The summed E-state index contributed by atoms with van der Waals surface area (Å²) in [5, 5.41) is 8.29. The van der Waals surface area contributed by atoms with Crippen LogP contribution in [0.3, 0.4) is 0 Å². The summed E-state index contributed by atoms with van der Waals surface area (Å²) in [5.41, 5.74) is 5.96. The summed E-state index contributed by atoms with van der Waals surface area (Å²) >= 11 is 1.77. The number of nitrogens with zero attached hydrogens (tertiary/aromatic N) is 5. The molecule has 2 aliphatic heterocycles. The SMILES string of the molecule is O=C1NCCCN1c1ccc2c(c1)CN(c1ncc(Cc3ccc(-n4cccn4)cc3)s1)CC2. The van der Waals surface area contributed by atoms with Gasteiger partial charge in [-0.25, -0.2) is 14.5 Å². The Labute approximate surface area is 202 Å². The summed E-state index contributed by atoms with van der Waals surface area (Å²) in [5.74, 6) is 0. The highest BCUT2D eigenvalue weighted by Crippen LogP contribution is 2.31. The monoisotopic (exact) mass is 470 g/mol. The maximum Gasteiger partial charge on any atom is 0.321 e. The molecule has 6 rings (SSSR count). The van der Waals surface area contributed by atoms with Gasteiger partial charge in [-0.3, -0.25) is 4.90 Å². The van der Waals surface area contributed by atoms with Crippen LogP contribution in [0.4, 0.5) is 15.6 Å². The molecule has 7 nitrogen and oxygen atoms in total. The standard InChI is InChI=1S/C26H26N6OS/c33-25-27-10-1-12-31(25)23-8-5-20-9-14-30(18-21(20)16-23)26-28-17-24(34-26)15-19-3-6-22(7-4-19)32-13-2-11-29-32/h2-8,11,13,16-17H,1,9-10,12,14-15,18H2,(H,27,33). The highest BCUT2D eigenvalue weighted by atomic mass is 32.1. The van der Waals surface area contributed by atoms with Crippen molar-refractivity contribution in [3.63, 3.8) is 0 Å². The molecule has 4 heterocycles. The second kappa shape index (κ2) is 8.95. The number of hydrogen-bond donors (Lipinski definition) is 1. The fourth-order valence-corrected chi connectivity index (χ4v) is 5.63. The average molecular weight is 471 g/mol. The van der Waals surface area contributed by atoms with Crippen molar-refractivity contribution in [3.05, 3.63) is 88.7 Å². The van der Waals surface area contributed by atoms with Gasteiger partial charge in [-0.15, -0.1) is 11.3 Å². The van der Waals surface area contributed by atoms with Crippen LogP contribution in [-0.4, -0.2) is 40.4 Å². The van der Waals surface area contributed by atoms with E-state index in [1.807, 2.05) is 28.0 Å². The molecular weight excluding hydrogens is 444 g/mol. The first-order valence-corrected chi connectivity index (χ1v) is 12.5. The van der Waals surface area contributed by atoms with Gasteiger partial charge < -0.3 is 10.2 Å². The van der Waals surface area contributed by atoms with Crippen LogP contribution in [0, 0.1) is 0 Å². The first kappa shape index (κ1) is 20.9. The average Bonchev–Trinajstić information content (AvgIpc) is 3.57. The third-order valence-electron chi connectivity index (χ3n) is 6.49. The van der Waals surface area contributed by atoms with Gasteiger partial charge in [-0.1, -0.05) is 18.2 Å². The second-order valence-corrected chi connectivity index (χ2v) is 9.86. The van der Waals surface area contributed by atoms with Gasteiger partial charge in [-0.2, -0.15) is 5.10 Å². The smallest absolute Gasteiger partial charge is 0.321 e. The fraction of sp³-hybridized carbons (Fsp3) is 0.269. The van der Waals surface area contributed by atoms with Crippen LogP contribution in [-0.2, 0) is 19.4 Å². The van der Waals surface area contributed by atoms with Crippen molar-refractivity contribution in [2.45, 2.75) is 25.8 Å². The number of anilines is 2. The third kappa shape index (κ3) is 4.17. The predicted octanol–water partition coefficient (Wildman–Crippen LogP) is 4.40. The maximum atomic E-state index is 12.3. The molecule has 4 aromatic rings. The Balaban J connectivity index is 1.15. The minimum Gasteiger partial charge on any atom is -0.343 e. The molecule has 0 unspecified atom stereocenters. The Morgan fingerprint density at radius 2 is 1.91 bits per heavy atom. The Kier molecular flexibility index (Phi) is 5.50. The van der Waals surface area contributed by atoms with E-state index in [-0.39, 0.29) is 6.03 Å². The summed E-state index contributed by atoms with van der Waals surface area (Å²) < 4.78 is 1.87. The lowest BCUT2D eigenvalue weighted by Gasteiger charge is -2.31. The Bertz CT molecular complexity index is 1300. The number of urea groups is 1. The summed E-state index contributed by atoms with van der Waals surface area (Å²) in [6, 6.07) is 16.9. The molecule has 1 fully saturated rings. The maximum absolute atomic E-state index is 12.3. The zero-order chi connectivity index (χ0) is 22.9. The lowest BCUT2D eigenvalue weighted by Crippen LogP contribution is -2.46. The summed E-state index contributed by atoms with van der Waals surface area (Å²) in [6.45, 7) is 3.31. The van der Waals surface area contributed by atoms with Crippen LogP contribution < -0.4 is 15.1 Å². The topological polar surface area (TPSA) is 66.3 Å². The number of nitrogens with one attached hydrogen (secondary N) is 1. The van der Waals surface area contributed by atoms with E-state index in [2.05, 4.69) is 57.8 Å². The molecule has 2 amide bonds. The normalized spacial score (nSPS) is 15.8. The molecule has 34 heavy (non-hydrogen) atoms. The number of benzene rings is 2. The van der Waals surface area contributed by atoms with Crippen LogP contribution in [0.5, 0.6) is 0 Å². The number of carbonyl (C=O) groups is 1. The third-order valence-corrected chi connectivity index (χ3v) is 7.55. The molecule has 0 saturated carbocycles. The van der Waals surface area contributed by atoms with Crippen molar-refractivity contribution < 1.29 is 4.79 Å². The summed E-state index contributed by atoms with van der Waals surface area (Å²) in [6.07, 6.45) is 8.58. The number of aromatic nitrogens is 3. The molecule has 1 N–H and O–H groups in total. The summed E-state index contributed by atoms with van der Waals surface area (Å²) in [7, 11) is 0. The van der Waals surface area contributed by atoms with E-state index >= 15 is 0 Å². The Hall–Kier alpha value is -3.65. The van der Waals surface area contributed by atoms with Crippen LogP contribution in [0.1, 0.15) is 28.0 Å². The van der Waals surface area contributed by atoms with Gasteiger partial charge in [0.2, 0.25) is 0 Å². The molecule has 2 aliphatic rings. The van der Waals surface area contributed by atoms with Gasteiger partial charge in [0.25, 0.3) is 0 Å². The predicted molar refractivity (Wildman–Crippen MR) is 135 cm³/mol. The van der Waals surface area contributed by atoms with E-state index in [0.29, 0.717) is 0 Å². The first-order valence-electron chi connectivity index (χ1n) is 11.7. The van der Waals surface area contributed by atoms with Gasteiger partial charge in [0, 0.05) is 61.8 Å². The molecule has 0 radical (unpaired) electrons. The fourth-order valence-electron chi connectivity index (χ4n) is 4.66. The number of carbonyl (C=O) groups excluding carboxylic acids is 1. The lowest BCUT2D eigenvalue weighted by atomic mass is 9.99. The zero-order valence-electron chi connectivity index (χ0n) is 18.9. The molecule has 0 atom stereocenters. The van der Waals surface area contributed by atoms with Crippen molar-refractivity contribution in [1.29, 1.82) is 0 Å². The van der Waals surface area contributed by atoms with Crippen molar-refractivity contribution in [1.82, 2.24) is 20.1 Å². The molecule has 0 aliphatic carbocycles. The van der Waals surface area contributed by atoms with E-state index < -0.39 is 0 Å². The van der Waals surface area contributed by atoms with Crippen molar-refractivity contribution in [2.75, 3.05) is 29.4 Å². The van der Waals surface area contributed by atoms with Gasteiger partial charge in [-0.05, 0) is 59.9 Å². The largest absolute Gasteiger partial charge is 0.343 e. The van der Waals surface area contributed by atoms with Crippen molar-refractivity contribution >= 4 is 28.2 Å². The number of rotatable bonds is 5.